The summed E-state index contributed by atoms with van der Waals surface area (Å²) in [4.78, 5) is 8.03. The fraction of sp³-hybridized carbons (Fsp3) is 0.357. The molecule has 0 N–H and O–H groups in total. The monoisotopic (exact) mass is 888 g/mol. The molecule has 0 saturated carbocycles. The number of benzene rings is 5. The Hall–Kier alpha value is -5.55. The molecule has 0 saturated heterocycles. The van der Waals surface area contributed by atoms with E-state index in [2.05, 4.69) is 231 Å². The van der Waals surface area contributed by atoms with Gasteiger partial charge in [0.1, 0.15) is 13.2 Å². The van der Waals surface area contributed by atoms with Gasteiger partial charge in [0.25, 0.3) is 8.53 Å². The van der Waals surface area contributed by atoms with Gasteiger partial charge in [0.2, 0.25) is 12.2 Å². The molecule has 0 spiro atoms. The highest BCUT2D eigenvalue weighted by atomic mass is 31.2. The third kappa shape index (κ3) is 10.5. The maximum absolute atomic E-state index is 7.18. The molecule has 2 heterocycles. The fourth-order valence-electron chi connectivity index (χ4n) is 9.41. The lowest BCUT2D eigenvalue weighted by atomic mass is 9.81. The van der Waals surface area contributed by atoms with Gasteiger partial charge in [-0.2, -0.15) is 4.58 Å². The van der Waals surface area contributed by atoms with E-state index in [-0.39, 0.29) is 5.41 Å². The van der Waals surface area contributed by atoms with Crippen LogP contribution < -0.4 is 15.1 Å². The molecule has 9 heteroatoms. The van der Waals surface area contributed by atoms with E-state index >= 15 is 0 Å². The first kappa shape index (κ1) is 47.4. The average molecular weight is 888 g/mol. The molecular formula is C56H68N6O2P+. The van der Waals surface area contributed by atoms with Crippen LogP contribution in [0.15, 0.2) is 133 Å². The normalized spacial score (nSPS) is 14.6. The molecular weight excluding hydrogens is 820 g/mol. The van der Waals surface area contributed by atoms with Crippen molar-refractivity contribution in [2.45, 2.75) is 84.7 Å². The topological polar surface area (TPSA) is 40.5 Å². The number of nitrogens with zero attached hydrogens (tertiary/aromatic N) is 6. The number of aryl methyl sites for hydroxylation is 1. The minimum absolute atomic E-state index is 0.198. The third-order valence-electron chi connectivity index (χ3n) is 12.8. The predicted octanol–water partition coefficient (Wildman–Crippen LogP) is 13.4. The standard InChI is InChI=1S/C56H68N6O2P/c1-42(2)62(43(3)4)65(64-40-37-57-7)63-39-23-12-11-22-38-61-52-34-33-46(58(8)44-25-16-13-17-26-44)41-49(52)56(5,6)54(61)32-21-15-20-31-50-47-29-24-30-48-51(35-36-53(55(47)48)60(50)10)59(9)45-27-18-14-19-28-45/h13-21,24-36,41-43H,11-12,22-23,37-40H2,1-6,8-10H3/q+1. The summed E-state index contributed by atoms with van der Waals surface area (Å²) in [5.74, 6) is 0. The summed E-state index contributed by atoms with van der Waals surface area (Å²) in [6.07, 6.45) is 15.4. The molecule has 0 aliphatic carbocycles. The number of rotatable bonds is 21. The van der Waals surface area contributed by atoms with Gasteiger partial charge in [-0.15, -0.1) is 0 Å². The lowest BCUT2D eigenvalue weighted by molar-refractivity contribution is -0.438. The molecule has 338 valence electrons. The molecule has 1 aliphatic rings. The summed E-state index contributed by atoms with van der Waals surface area (Å²) in [5, 5.41) is 5.00. The summed E-state index contributed by atoms with van der Waals surface area (Å²) < 4.78 is 19.7. The van der Waals surface area contributed by atoms with Gasteiger partial charge < -0.3 is 28.3 Å². The lowest BCUT2D eigenvalue weighted by Gasteiger charge is -2.35. The minimum atomic E-state index is -1.20. The Kier molecular flexibility index (Phi) is 15.8. The molecule has 1 aromatic heterocycles. The lowest BCUT2D eigenvalue weighted by Crippen LogP contribution is -2.33. The summed E-state index contributed by atoms with van der Waals surface area (Å²) in [6, 6.07) is 39.9. The molecule has 0 fully saturated rings. The molecule has 7 rings (SSSR count). The molecule has 1 atom stereocenters. The quantitative estimate of drug-likeness (QED) is 0.0237. The van der Waals surface area contributed by atoms with Crippen LogP contribution in [0.2, 0.25) is 0 Å². The van der Waals surface area contributed by atoms with Crippen LogP contribution in [-0.4, -0.2) is 72.0 Å². The number of anilines is 4. The van der Waals surface area contributed by atoms with Crippen molar-refractivity contribution in [2.24, 2.45) is 7.05 Å². The number of aromatic nitrogens is 1. The van der Waals surface area contributed by atoms with Gasteiger partial charge in [-0.3, -0.25) is 0 Å². The molecule has 0 amide bonds. The highest BCUT2D eigenvalue weighted by Crippen LogP contribution is 2.46. The van der Waals surface area contributed by atoms with Gasteiger partial charge >= 0.3 is 0 Å². The van der Waals surface area contributed by atoms with E-state index in [0.717, 1.165) is 32.2 Å². The Morgan fingerprint density at radius 1 is 0.723 bits per heavy atom. The summed E-state index contributed by atoms with van der Waals surface area (Å²) in [6.45, 7) is 23.0. The van der Waals surface area contributed by atoms with Crippen molar-refractivity contribution in [3.8, 4) is 0 Å². The van der Waals surface area contributed by atoms with Crippen LogP contribution in [0.3, 0.4) is 0 Å². The number of hydrogen-bond donors (Lipinski definition) is 0. The van der Waals surface area contributed by atoms with E-state index in [4.69, 9.17) is 15.6 Å². The van der Waals surface area contributed by atoms with Crippen LogP contribution in [-0.2, 0) is 21.5 Å². The van der Waals surface area contributed by atoms with Crippen molar-refractivity contribution in [2.75, 3.05) is 50.2 Å². The maximum atomic E-state index is 7.18. The van der Waals surface area contributed by atoms with Gasteiger partial charge in [-0.1, -0.05) is 79.2 Å². The number of unbranched alkanes of at least 4 members (excludes halogenated alkanes) is 3. The van der Waals surface area contributed by atoms with Crippen LogP contribution >= 0.6 is 8.53 Å². The van der Waals surface area contributed by atoms with Crippen molar-refractivity contribution < 1.29 is 13.6 Å². The highest BCUT2D eigenvalue weighted by Gasteiger charge is 2.44. The van der Waals surface area contributed by atoms with Gasteiger partial charge in [0.05, 0.1) is 12.0 Å². The van der Waals surface area contributed by atoms with Crippen LogP contribution in [0.25, 0.3) is 32.6 Å². The number of allylic oxidation sites excluding steroid dienone is 4. The first-order chi connectivity index (χ1) is 31.4. The van der Waals surface area contributed by atoms with Crippen molar-refractivity contribution in [1.82, 2.24) is 9.24 Å². The van der Waals surface area contributed by atoms with E-state index in [1.807, 2.05) is 0 Å². The Bertz CT molecular complexity index is 2720. The van der Waals surface area contributed by atoms with E-state index < -0.39 is 8.53 Å². The zero-order valence-electron chi connectivity index (χ0n) is 40.0. The Balaban J connectivity index is 1.10. The first-order valence-corrected chi connectivity index (χ1v) is 24.5. The van der Waals surface area contributed by atoms with Crippen LogP contribution in [0.5, 0.6) is 0 Å². The zero-order chi connectivity index (χ0) is 46.1. The fourth-order valence-corrected chi connectivity index (χ4v) is 11.0. The van der Waals surface area contributed by atoms with E-state index in [1.54, 1.807) is 0 Å². The highest BCUT2D eigenvalue weighted by molar-refractivity contribution is 7.44. The molecule has 65 heavy (non-hydrogen) atoms. The molecule has 0 bridgehead atoms. The van der Waals surface area contributed by atoms with Crippen LogP contribution in [0.1, 0.15) is 72.8 Å². The third-order valence-corrected chi connectivity index (χ3v) is 14.9. The van der Waals surface area contributed by atoms with Crippen molar-refractivity contribution in [3.63, 3.8) is 0 Å². The van der Waals surface area contributed by atoms with Gasteiger partial charge in [-0.05, 0) is 109 Å². The van der Waals surface area contributed by atoms with Gasteiger partial charge in [0, 0.05) is 107 Å². The molecule has 1 aliphatic heterocycles. The van der Waals surface area contributed by atoms with Crippen molar-refractivity contribution in [1.29, 1.82) is 0 Å². The predicted molar refractivity (Wildman–Crippen MR) is 278 cm³/mol. The number of hydrogen-bond acceptors (Lipinski definition) is 5. The van der Waals surface area contributed by atoms with Crippen LogP contribution in [0.4, 0.5) is 28.4 Å². The smallest absolute Gasteiger partial charge is 0.259 e. The molecule has 1 unspecified atom stereocenters. The van der Waals surface area contributed by atoms with Crippen molar-refractivity contribution >= 4 is 70.4 Å². The van der Waals surface area contributed by atoms with Crippen molar-refractivity contribution in [3.05, 3.63) is 156 Å². The molecule has 8 nitrogen and oxygen atoms in total. The Morgan fingerprint density at radius 3 is 2.08 bits per heavy atom. The zero-order valence-corrected chi connectivity index (χ0v) is 40.9. The summed E-state index contributed by atoms with van der Waals surface area (Å²) in [5.41, 5.74) is 9.69. The molecule has 5 aromatic carbocycles. The second kappa shape index (κ2) is 21.6. The first-order valence-electron chi connectivity index (χ1n) is 23.3. The second-order valence-corrected chi connectivity index (χ2v) is 19.6. The largest absolute Gasteiger partial charge is 0.345 e. The number of para-hydroxylation sites is 2. The minimum Gasteiger partial charge on any atom is -0.345 e. The van der Waals surface area contributed by atoms with E-state index in [9.17, 15) is 0 Å². The SMILES string of the molecule is [C-]#[N+]CCOP(OCCCCCC[N+]1=C(/C=C/C=C/C=c2\c3cccc4c(N(C)c5ccccc5)ccc(c43)n2C)C(C)(C)c2cc(N(C)c3ccccc3)ccc21)N(C(C)C)C(C)C. The Morgan fingerprint density at radius 2 is 1.38 bits per heavy atom. The summed E-state index contributed by atoms with van der Waals surface area (Å²) >= 11 is 0. The van der Waals surface area contributed by atoms with E-state index in [1.165, 1.54) is 66.7 Å². The average Bonchev–Trinajstić information content (AvgIpc) is 3.70. The summed E-state index contributed by atoms with van der Waals surface area (Å²) in [7, 11) is 5.27. The van der Waals surface area contributed by atoms with Gasteiger partial charge in [0.15, 0.2) is 5.71 Å². The second-order valence-electron chi connectivity index (χ2n) is 18.1. The van der Waals surface area contributed by atoms with Gasteiger partial charge in [-0.25, -0.2) is 11.2 Å². The molecule has 6 aromatic rings. The Labute approximate surface area is 389 Å². The molecule has 0 radical (unpaired) electrons. The van der Waals surface area contributed by atoms with E-state index in [0.29, 0.717) is 31.8 Å². The number of fused-ring (bicyclic) bond motifs is 1. The van der Waals surface area contributed by atoms with Crippen LogP contribution in [0, 0.1) is 6.57 Å². The maximum Gasteiger partial charge on any atom is 0.259 e.